The van der Waals surface area contributed by atoms with Gasteiger partial charge in [0.25, 0.3) is 0 Å². The molecule has 4 heteroatoms. The van der Waals surface area contributed by atoms with Gasteiger partial charge in [0, 0.05) is 18.7 Å². The number of benzene rings is 1. The lowest BCUT2D eigenvalue weighted by molar-refractivity contribution is 0.0760. The van der Waals surface area contributed by atoms with Crippen molar-refractivity contribution >= 4 is 0 Å². The molecule has 0 radical (unpaired) electrons. The predicted octanol–water partition coefficient (Wildman–Crippen LogP) is 2.39. The summed E-state index contributed by atoms with van der Waals surface area (Å²) in [6.07, 6.45) is 2.35. The maximum atomic E-state index is 9.59. The molecule has 0 atom stereocenters. The van der Waals surface area contributed by atoms with Crippen LogP contribution in [0.25, 0.3) is 0 Å². The van der Waals surface area contributed by atoms with Crippen LogP contribution in [0.5, 0.6) is 11.5 Å². The highest BCUT2D eigenvalue weighted by molar-refractivity contribution is 5.44. The first-order valence-corrected chi connectivity index (χ1v) is 6.43. The molecule has 0 aliphatic carbocycles. The maximum absolute atomic E-state index is 9.59. The molecule has 3 N–H and O–H groups in total. The van der Waals surface area contributed by atoms with E-state index in [0.29, 0.717) is 18.2 Å². The van der Waals surface area contributed by atoms with Crippen LogP contribution in [0.2, 0.25) is 0 Å². The molecule has 0 aliphatic heterocycles. The van der Waals surface area contributed by atoms with E-state index in [1.54, 1.807) is 12.1 Å². The molecule has 1 rings (SSSR count). The summed E-state index contributed by atoms with van der Waals surface area (Å²) in [5, 5.41) is 22.2. The Morgan fingerprint density at radius 3 is 2.72 bits per heavy atom. The van der Waals surface area contributed by atoms with Gasteiger partial charge in [-0.25, -0.2) is 0 Å². The molecule has 1 aromatic rings. The lowest BCUT2D eigenvalue weighted by Crippen LogP contribution is -2.15. The van der Waals surface area contributed by atoms with E-state index in [-0.39, 0.29) is 11.5 Å². The summed E-state index contributed by atoms with van der Waals surface area (Å²) >= 11 is 0. The quantitative estimate of drug-likeness (QED) is 0.492. The van der Waals surface area contributed by atoms with Crippen molar-refractivity contribution in [1.82, 2.24) is 5.32 Å². The maximum Gasteiger partial charge on any atom is 0.161 e. The molecule has 102 valence electrons. The van der Waals surface area contributed by atoms with Gasteiger partial charge in [0.05, 0.1) is 6.10 Å². The second-order valence-electron chi connectivity index (χ2n) is 4.59. The smallest absolute Gasteiger partial charge is 0.161 e. The van der Waals surface area contributed by atoms with Gasteiger partial charge in [-0.05, 0) is 39.3 Å². The molecule has 4 nitrogen and oxygen atoms in total. The van der Waals surface area contributed by atoms with Crippen LogP contribution in [0, 0.1) is 0 Å². The molecular weight excluding hydrogens is 230 g/mol. The molecule has 0 aliphatic rings. The minimum Gasteiger partial charge on any atom is -0.504 e. The minimum atomic E-state index is -0.0698. The number of nitrogens with one attached hydrogen (secondary N) is 1. The number of aromatic hydroxyl groups is 2. The Kier molecular flexibility index (Phi) is 6.54. The van der Waals surface area contributed by atoms with Gasteiger partial charge in [0.2, 0.25) is 0 Å². The Morgan fingerprint density at radius 1 is 1.22 bits per heavy atom. The average Bonchev–Trinajstić information content (AvgIpc) is 2.32. The lowest BCUT2D eigenvalue weighted by atomic mass is 10.2. The molecule has 0 spiro atoms. The fourth-order valence-electron chi connectivity index (χ4n) is 1.61. The zero-order valence-electron chi connectivity index (χ0n) is 11.1. The first-order chi connectivity index (χ1) is 8.61. The van der Waals surface area contributed by atoms with E-state index >= 15 is 0 Å². The summed E-state index contributed by atoms with van der Waals surface area (Å²) in [4.78, 5) is 0. The van der Waals surface area contributed by atoms with Crippen LogP contribution in [0.3, 0.4) is 0 Å². The standard InChI is InChI=1S/C14H23NO3/c1-11(2)18-9-4-3-8-15-10-12-6-5-7-13(16)14(12)17/h5-7,11,15-17H,3-4,8-10H2,1-2H3. The Labute approximate surface area is 109 Å². The van der Waals surface area contributed by atoms with E-state index in [1.165, 1.54) is 6.07 Å². The summed E-state index contributed by atoms with van der Waals surface area (Å²) < 4.78 is 5.44. The topological polar surface area (TPSA) is 61.7 Å². The Balaban J connectivity index is 2.13. The lowest BCUT2D eigenvalue weighted by Gasteiger charge is -2.09. The molecular formula is C14H23NO3. The summed E-state index contributed by atoms with van der Waals surface area (Å²) in [6, 6.07) is 4.99. The van der Waals surface area contributed by atoms with Crippen molar-refractivity contribution in [1.29, 1.82) is 0 Å². The van der Waals surface area contributed by atoms with Crippen molar-refractivity contribution in [3.8, 4) is 11.5 Å². The number of hydrogen-bond acceptors (Lipinski definition) is 4. The number of rotatable bonds is 8. The number of hydrogen-bond donors (Lipinski definition) is 3. The van der Waals surface area contributed by atoms with E-state index in [2.05, 4.69) is 5.32 Å². The molecule has 0 bridgehead atoms. The van der Waals surface area contributed by atoms with E-state index in [9.17, 15) is 10.2 Å². The Morgan fingerprint density at radius 2 is 2.00 bits per heavy atom. The van der Waals surface area contributed by atoms with Crippen LogP contribution in [0.1, 0.15) is 32.3 Å². The first kappa shape index (κ1) is 14.8. The van der Waals surface area contributed by atoms with Gasteiger partial charge in [0.1, 0.15) is 0 Å². The summed E-state index contributed by atoms with van der Waals surface area (Å²) in [5.41, 5.74) is 0.716. The molecule has 0 aromatic heterocycles. The van der Waals surface area contributed by atoms with Gasteiger partial charge in [-0.2, -0.15) is 0 Å². The predicted molar refractivity (Wildman–Crippen MR) is 71.8 cm³/mol. The molecule has 0 amide bonds. The van der Waals surface area contributed by atoms with Crippen LogP contribution in [0.15, 0.2) is 18.2 Å². The van der Waals surface area contributed by atoms with Crippen molar-refractivity contribution in [2.75, 3.05) is 13.2 Å². The number of ether oxygens (including phenoxy) is 1. The minimum absolute atomic E-state index is 0.0341. The van der Waals surface area contributed by atoms with Gasteiger partial charge in [-0.15, -0.1) is 0 Å². The Bertz CT molecular complexity index is 353. The third-order valence-corrected chi connectivity index (χ3v) is 2.61. The third-order valence-electron chi connectivity index (χ3n) is 2.61. The molecule has 0 heterocycles. The van der Waals surface area contributed by atoms with Crippen molar-refractivity contribution in [3.63, 3.8) is 0 Å². The van der Waals surface area contributed by atoms with Crippen molar-refractivity contribution in [2.45, 2.75) is 39.3 Å². The van der Waals surface area contributed by atoms with Crippen LogP contribution >= 0.6 is 0 Å². The van der Waals surface area contributed by atoms with E-state index in [0.717, 1.165) is 26.0 Å². The zero-order valence-corrected chi connectivity index (χ0v) is 11.1. The second-order valence-corrected chi connectivity index (χ2v) is 4.59. The fourth-order valence-corrected chi connectivity index (χ4v) is 1.61. The number of para-hydroxylation sites is 1. The summed E-state index contributed by atoms with van der Waals surface area (Å²) in [6.45, 7) is 6.28. The van der Waals surface area contributed by atoms with Crippen molar-refractivity contribution in [2.24, 2.45) is 0 Å². The molecule has 0 fully saturated rings. The normalized spacial score (nSPS) is 11.1. The molecule has 0 saturated carbocycles. The van der Waals surface area contributed by atoms with Crippen LogP contribution in [-0.4, -0.2) is 29.5 Å². The molecule has 0 saturated heterocycles. The number of phenols is 2. The van der Waals surface area contributed by atoms with Gasteiger partial charge in [-0.3, -0.25) is 0 Å². The van der Waals surface area contributed by atoms with Gasteiger partial charge in [0.15, 0.2) is 11.5 Å². The Hall–Kier alpha value is -1.26. The van der Waals surface area contributed by atoms with Gasteiger partial charge < -0.3 is 20.3 Å². The number of unbranched alkanes of at least 4 members (excludes halogenated alkanes) is 1. The van der Waals surface area contributed by atoms with Crippen LogP contribution in [-0.2, 0) is 11.3 Å². The zero-order chi connectivity index (χ0) is 13.4. The first-order valence-electron chi connectivity index (χ1n) is 6.43. The van der Waals surface area contributed by atoms with Crippen molar-refractivity contribution in [3.05, 3.63) is 23.8 Å². The van der Waals surface area contributed by atoms with E-state index in [4.69, 9.17) is 4.74 Å². The van der Waals surface area contributed by atoms with Crippen molar-refractivity contribution < 1.29 is 14.9 Å². The fraction of sp³-hybridized carbons (Fsp3) is 0.571. The highest BCUT2D eigenvalue weighted by Gasteiger charge is 2.04. The second kappa shape index (κ2) is 7.95. The van der Waals surface area contributed by atoms with Gasteiger partial charge >= 0.3 is 0 Å². The number of phenolic OH excluding ortho intramolecular Hbond substituents is 2. The summed E-state index contributed by atoms with van der Waals surface area (Å²) in [7, 11) is 0. The van der Waals surface area contributed by atoms with E-state index < -0.39 is 0 Å². The highest BCUT2D eigenvalue weighted by Crippen LogP contribution is 2.27. The molecule has 0 unspecified atom stereocenters. The largest absolute Gasteiger partial charge is 0.504 e. The summed E-state index contributed by atoms with van der Waals surface area (Å²) in [5.74, 6) is -0.104. The van der Waals surface area contributed by atoms with Crippen LogP contribution < -0.4 is 5.32 Å². The average molecular weight is 253 g/mol. The monoisotopic (exact) mass is 253 g/mol. The highest BCUT2D eigenvalue weighted by atomic mass is 16.5. The SMILES string of the molecule is CC(C)OCCCCNCc1cccc(O)c1O. The van der Waals surface area contributed by atoms with Gasteiger partial charge in [-0.1, -0.05) is 12.1 Å². The van der Waals surface area contributed by atoms with Crippen LogP contribution in [0.4, 0.5) is 0 Å². The molecule has 18 heavy (non-hydrogen) atoms. The van der Waals surface area contributed by atoms with E-state index in [1.807, 2.05) is 13.8 Å². The third kappa shape index (κ3) is 5.38. The molecule has 1 aromatic carbocycles.